The van der Waals surface area contributed by atoms with Crippen molar-refractivity contribution in [2.24, 2.45) is 16.6 Å². The van der Waals surface area contributed by atoms with Gasteiger partial charge in [0.15, 0.2) is 5.96 Å². The minimum absolute atomic E-state index is 0.373. The number of hydrogen-bond donors (Lipinski definition) is 2. The number of rotatable bonds is 3. The van der Waals surface area contributed by atoms with Crippen molar-refractivity contribution in [1.82, 2.24) is 5.32 Å². The Bertz CT molecular complexity index is 211. The molecule has 0 amide bonds. The average Bonchev–Trinajstić information content (AvgIpc) is 2.17. The highest BCUT2D eigenvalue weighted by molar-refractivity contribution is 5.78. The van der Waals surface area contributed by atoms with Crippen LogP contribution in [0.5, 0.6) is 0 Å². The van der Waals surface area contributed by atoms with Gasteiger partial charge in [-0.15, -0.1) is 0 Å². The van der Waals surface area contributed by atoms with E-state index in [2.05, 4.69) is 31.1 Å². The standard InChI is InChI=1S/C12H25N3/c1-4-10-7-5-6-8-11(10)15-12(13)14-9(2)3/h9-11H,4-8H2,1-3H3,(H3,13,14,15). The maximum Gasteiger partial charge on any atom is 0.189 e. The number of nitrogens with one attached hydrogen (secondary N) is 1. The quantitative estimate of drug-likeness (QED) is 0.556. The van der Waals surface area contributed by atoms with Crippen molar-refractivity contribution in [2.45, 2.75) is 65.0 Å². The van der Waals surface area contributed by atoms with Crippen LogP contribution in [0.2, 0.25) is 0 Å². The van der Waals surface area contributed by atoms with Gasteiger partial charge < -0.3 is 11.1 Å². The molecule has 0 heterocycles. The van der Waals surface area contributed by atoms with Gasteiger partial charge in [-0.1, -0.05) is 26.2 Å². The predicted molar refractivity (Wildman–Crippen MR) is 65.9 cm³/mol. The summed E-state index contributed by atoms with van der Waals surface area (Å²) in [5.74, 6) is 1.36. The first-order valence-electron chi connectivity index (χ1n) is 6.23. The molecule has 1 rings (SSSR count). The predicted octanol–water partition coefficient (Wildman–Crippen LogP) is 2.27. The molecule has 0 bridgehead atoms. The van der Waals surface area contributed by atoms with Gasteiger partial charge in [0.25, 0.3) is 0 Å². The van der Waals surface area contributed by atoms with Gasteiger partial charge in [0.2, 0.25) is 0 Å². The number of nitrogens with zero attached hydrogens (tertiary/aromatic N) is 1. The highest BCUT2D eigenvalue weighted by atomic mass is 15.1. The van der Waals surface area contributed by atoms with Crippen molar-refractivity contribution < 1.29 is 0 Å². The highest BCUT2D eigenvalue weighted by Crippen LogP contribution is 2.28. The average molecular weight is 211 g/mol. The Morgan fingerprint density at radius 1 is 1.40 bits per heavy atom. The molecule has 1 saturated carbocycles. The molecule has 0 aromatic heterocycles. The van der Waals surface area contributed by atoms with E-state index in [1.54, 1.807) is 0 Å². The summed E-state index contributed by atoms with van der Waals surface area (Å²) in [5.41, 5.74) is 5.86. The van der Waals surface area contributed by atoms with Crippen LogP contribution in [-0.2, 0) is 0 Å². The van der Waals surface area contributed by atoms with E-state index in [1.807, 2.05) is 0 Å². The van der Waals surface area contributed by atoms with Crippen LogP contribution in [0.15, 0.2) is 4.99 Å². The minimum atomic E-state index is 0.373. The van der Waals surface area contributed by atoms with Crippen molar-refractivity contribution >= 4 is 5.96 Å². The Hall–Kier alpha value is -0.730. The number of aliphatic imine (C=N–C) groups is 1. The Morgan fingerprint density at radius 2 is 2.07 bits per heavy atom. The topological polar surface area (TPSA) is 50.4 Å². The molecule has 0 radical (unpaired) electrons. The van der Waals surface area contributed by atoms with Gasteiger partial charge in [-0.3, -0.25) is 0 Å². The maximum atomic E-state index is 5.86. The summed E-state index contributed by atoms with van der Waals surface area (Å²) in [7, 11) is 0. The fourth-order valence-electron chi connectivity index (χ4n) is 2.35. The lowest BCUT2D eigenvalue weighted by Crippen LogP contribution is -2.39. The largest absolute Gasteiger partial charge is 0.370 e. The van der Waals surface area contributed by atoms with Crippen LogP contribution in [0, 0.1) is 5.92 Å². The summed E-state index contributed by atoms with van der Waals surface area (Å²) < 4.78 is 0. The second-order valence-corrected chi connectivity index (χ2v) is 4.83. The van der Waals surface area contributed by atoms with E-state index in [9.17, 15) is 0 Å². The van der Waals surface area contributed by atoms with Crippen LogP contribution in [0.4, 0.5) is 0 Å². The monoisotopic (exact) mass is 211 g/mol. The zero-order valence-corrected chi connectivity index (χ0v) is 10.3. The summed E-state index contributed by atoms with van der Waals surface area (Å²) in [6.07, 6.45) is 6.42. The maximum absolute atomic E-state index is 5.86. The number of hydrogen-bond acceptors (Lipinski definition) is 1. The number of guanidine groups is 1. The van der Waals surface area contributed by atoms with Crippen LogP contribution in [0.25, 0.3) is 0 Å². The lowest BCUT2D eigenvalue weighted by atomic mass is 9.83. The van der Waals surface area contributed by atoms with Crippen molar-refractivity contribution in [3.8, 4) is 0 Å². The van der Waals surface area contributed by atoms with Crippen LogP contribution >= 0.6 is 0 Å². The van der Waals surface area contributed by atoms with Gasteiger partial charge in [-0.05, 0) is 32.6 Å². The summed E-state index contributed by atoms with van der Waals surface area (Å²) in [5, 5.41) is 3.16. The third-order valence-electron chi connectivity index (χ3n) is 3.13. The van der Waals surface area contributed by atoms with Crippen molar-refractivity contribution in [3.05, 3.63) is 0 Å². The minimum Gasteiger partial charge on any atom is -0.370 e. The molecule has 0 spiro atoms. The van der Waals surface area contributed by atoms with Gasteiger partial charge >= 0.3 is 0 Å². The Kier molecular flexibility index (Phi) is 4.92. The summed E-state index contributed by atoms with van der Waals surface area (Å²) in [4.78, 5) is 4.61. The normalized spacial score (nSPS) is 28.1. The molecule has 1 aliphatic carbocycles. The summed E-state index contributed by atoms with van der Waals surface area (Å²) >= 11 is 0. The Balaban J connectivity index is 2.52. The molecular weight excluding hydrogens is 186 g/mol. The molecule has 15 heavy (non-hydrogen) atoms. The molecule has 0 aliphatic heterocycles. The van der Waals surface area contributed by atoms with E-state index >= 15 is 0 Å². The van der Waals surface area contributed by atoms with Gasteiger partial charge in [0.1, 0.15) is 0 Å². The lowest BCUT2D eigenvalue weighted by molar-refractivity contribution is 0.301. The molecule has 3 nitrogen and oxygen atoms in total. The molecule has 1 aliphatic rings. The van der Waals surface area contributed by atoms with E-state index in [0.29, 0.717) is 18.0 Å². The third kappa shape index (κ3) is 4.10. The fourth-order valence-corrected chi connectivity index (χ4v) is 2.35. The van der Waals surface area contributed by atoms with Gasteiger partial charge in [-0.2, -0.15) is 0 Å². The van der Waals surface area contributed by atoms with Gasteiger partial charge in [0, 0.05) is 6.04 Å². The molecule has 1 fully saturated rings. The van der Waals surface area contributed by atoms with E-state index in [-0.39, 0.29) is 0 Å². The molecule has 0 aromatic carbocycles. The fraction of sp³-hybridized carbons (Fsp3) is 0.917. The molecule has 0 saturated heterocycles. The molecule has 2 unspecified atom stereocenters. The van der Waals surface area contributed by atoms with Crippen LogP contribution in [0.1, 0.15) is 52.9 Å². The van der Waals surface area contributed by atoms with E-state index in [0.717, 1.165) is 5.92 Å². The first kappa shape index (κ1) is 12.3. The van der Waals surface area contributed by atoms with Crippen molar-refractivity contribution in [2.75, 3.05) is 0 Å². The molecule has 0 aromatic rings. The Labute approximate surface area is 93.5 Å². The summed E-state index contributed by atoms with van der Waals surface area (Å²) in [6.45, 7) is 6.42. The second kappa shape index (κ2) is 5.99. The first-order valence-corrected chi connectivity index (χ1v) is 6.23. The molecular formula is C12H25N3. The van der Waals surface area contributed by atoms with Crippen LogP contribution in [0.3, 0.4) is 0 Å². The van der Waals surface area contributed by atoms with Gasteiger partial charge in [0.05, 0.1) is 6.04 Å². The molecule has 3 heteroatoms. The van der Waals surface area contributed by atoms with E-state index in [1.165, 1.54) is 32.1 Å². The third-order valence-corrected chi connectivity index (χ3v) is 3.13. The number of nitrogens with two attached hydrogens (primary N) is 1. The van der Waals surface area contributed by atoms with E-state index in [4.69, 9.17) is 5.73 Å². The van der Waals surface area contributed by atoms with Crippen molar-refractivity contribution in [1.29, 1.82) is 0 Å². The summed E-state index contributed by atoms with van der Waals surface area (Å²) in [6, 6.07) is 0.826. The van der Waals surface area contributed by atoms with E-state index < -0.39 is 0 Å². The molecule has 3 N–H and O–H groups in total. The zero-order valence-electron chi connectivity index (χ0n) is 10.3. The SMILES string of the molecule is CCC1CCCCC1N=C(N)NC(C)C. The molecule has 2 atom stereocenters. The first-order chi connectivity index (χ1) is 7.13. The van der Waals surface area contributed by atoms with Gasteiger partial charge in [-0.25, -0.2) is 4.99 Å². The lowest BCUT2D eigenvalue weighted by Gasteiger charge is -2.28. The second-order valence-electron chi connectivity index (χ2n) is 4.83. The zero-order chi connectivity index (χ0) is 11.3. The smallest absolute Gasteiger partial charge is 0.189 e. The Morgan fingerprint density at radius 3 is 2.67 bits per heavy atom. The van der Waals surface area contributed by atoms with Crippen molar-refractivity contribution in [3.63, 3.8) is 0 Å². The molecule has 88 valence electrons. The highest BCUT2D eigenvalue weighted by Gasteiger charge is 2.23. The van der Waals surface area contributed by atoms with Crippen LogP contribution < -0.4 is 11.1 Å². The van der Waals surface area contributed by atoms with Crippen LogP contribution in [-0.4, -0.2) is 18.0 Å².